The predicted molar refractivity (Wildman–Crippen MR) is 76.2 cm³/mol. The first-order valence-electron chi connectivity index (χ1n) is 7.77. The van der Waals surface area contributed by atoms with Gasteiger partial charge in [-0.2, -0.15) is 0 Å². The summed E-state index contributed by atoms with van der Waals surface area (Å²) >= 11 is 0. The van der Waals surface area contributed by atoms with Crippen LogP contribution in [0.25, 0.3) is 0 Å². The molecule has 3 atom stereocenters. The molecule has 0 spiro atoms. The topological polar surface area (TPSA) is 38.0 Å². The van der Waals surface area contributed by atoms with E-state index in [1.54, 1.807) is 0 Å². The van der Waals surface area contributed by atoms with Gasteiger partial charge in [-0.25, -0.2) is 0 Å². The first-order valence-corrected chi connectivity index (χ1v) is 7.77. The van der Waals surface area contributed by atoms with E-state index in [9.17, 15) is 0 Å². The molecule has 0 bridgehead atoms. The quantitative estimate of drug-likeness (QED) is 0.682. The van der Waals surface area contributed by atoms with E-state index in [0.717, 1.165) is 18.5 Å². The van der Waals surface area contributed by atoms with Crippen molar-refractivity contribution in [2.24, 2.45) is 11.7 Å². The zero-order valence-electron chi connectivity index (χ0n) is 11.9. The van der Waals surface area contributed by atoms with Gasteiger partial charge in [-0.05, 0) is 38.1 Å². The Labute approximate surface area is 108 Å². The van der Waals surface area contributed by atoms with Gasteiger partial charge in [-0.3, -0.25) is 0 Å². The monoisotopic (exact) mass is 240 g/mol. The minimum atomic E-state index is 0.696. The van der Waals surface area contributed by atoms with Crippen molar-refractivity contribution < 1.29 is 0 Å². The van der Waals surface area contributed by atoms with E-state index in [0.29, 0.717) is 6.04 Å². The maximum atomic E-state index is 5.90. The molecule has 3 unspecified atom stereocenters. The van der Waals surface area contributed by atoms with Crippen LogP contribution in [0.15, 0.2) is 0 Å². The van der Waals surface area contributed by atoms with Crippen molar-refractivity contribution in [2.75, 3.05) is 6.54 Å². The summed E-state index contributed by atoms with van der Waals surface area (Å²) in [6.45, 7) is 5.44. The Morgan fingerprint density at radius 2 is 1.88 bits per heavy atom. The van der Waals surface area contributed by atoms with Gasteiger partial charge in [0, 0.05) is 12.1 Å². The fourth-order valence-corrected chi connectivity index (χ4v) is 3.12. The van der Waals surface area contributed by atoms with Gasteiger partial charge in [0.1, 0.15) is 0 Å². The maximum Gasteiger partial charge on any atom is 0.0110 e. The van der Waals surface area contributed by atoms with E-state index < -0.39 is 0 Å². The first kappa shape index (κ1) is 15.0. The van der Waals surface area contributed by atoms with Crippen molar-refractivity contribution in [1.29, 1.82) is 0 Å². The summed E-state index contributed by atoms with van der Waals surface area (Å²) in [5, 5.41) is 3.91. The van der Waals surface area contributed by atoms with Gasteiger partial charge in [0.15, 0.2) is 0 Å². The molecule has 0 amide bonds. The van der Waals surface area contributed by atoms with Crippen molar-refractivity contribution in [3.8, 4) is 0 Å². The Balaban J connectivity index is 2.39. The van der Waals surface area contributed by atoms with Gasteiger partial charge < -0.3 is 11.1 Å². The number of nitrogens with one attached hydrogen (secondary N) is 1. The van der Waals surface area contributed by atoms with Gasteiger partial charge in [-0.15, -0.1) is 0 Å². The van der Waals surface area contributed by atoms with Crippen molar-refractivity contribution in [3.63, 3.8) is 0 Å². The van der Waals surface area contributed by atoms with Crippen LogP contribution in [0.2, 0.25) is 0 Å². The van der Waals surface area contributed by atoms with Gasteiger partial charge in [-0.1, -0.05) is 46.0 Å². The Morgan fingerprint density at radius 1 is 1.12 bits per heavy atom. The molecule has 0 heterocycles. The summed E-state index contributed by atoms with van der Waals surface area (Å²) in [6, 6.07) is 1.43. The van der Waals surface area contributed by atoms with Crippen LogP contribution in [0.1, 0.15) is 71.6 Å². The lowest BCUT2D eigenvalue weighted by Crippen LogP contribution is -2.46. The Morgan fingerprint density at radius 3 is 2.53 bits per heavy atom. The summed E-state index contributed by atoms with van der Waals surface area (Å²) in [7, 11) is 0. The van der Waals surface area contributed by atoms with E-state index in [-0.39, 0.29) is 0 Å². The van der Waals surface area contributed by atoms with Crippen LogP contribution < -0.4 is 11.1 Å². The van der Waals surface area contributed by atoms with Gasteiger partial charge in [0.2, 0.25) is 0 Å². The summed E-state index contributed by atoms with van der Waals surface area (Å²) in [5.74, 6) is 0.727. The number of hydrogen-bond acceptors (Lipinski definition) is 2. The molecule has 0 aliphatic heterocycles. The van der Waals surface area contributed by atoms with Crippen LogP contribution in [0.4, 0.5) is 0 Å². The molecule has 0 aromatic heterocycles. The third kappa shape index (κ3) is 5.39. The third-order valence-corrected chi connectivity index (χ3v) is 4.20. The molecule has 0 aromatic rings. The summed E-state index contributed by atoms with van der Waals surface area (Å²) < 4.78 is 0. The summed E-state index contributed by atoms with van der Waals surface area (Å²) in [6.07, 6.45) is 12.1. The van der Waals surface area contributed by atoms with E-state index in [1.807, 2.05) is 0 Å². The fourth-order valence-electron chi connectivity index (χ4n) is 3.12. The van der Waals surface area contributed by atoms with Gasteiger partial charge in [0.25, 0.3) is 0 Å². The molecule has 1 fully saturated rings. The normalized spacial score (nSPS) is 27.0. The molecule has 3 N–H and O–H groups in total. The zero-order valence-corrected chi connectivity index (χ0v) is 11.9. The lowest BCUT2D eigenvalue weighted by atomic mass is 9.83. The second-order valence-corrected chi connectivity index (χ2v) is 5.68. The minimum Gasteiger partial charge on any atom is -0.330 e. The Bertz CT molecular complexity index is 182. The molecule has 0 aromatic carbocycles. The van der Waals surface area contributed by atoms with Crippen LogP contribution in [0, 0.1) is 5.92 Å². The first-order chi connectivity index (χ1) is 8.31. The van der Waals surface area contributed by atoms with Crippen molar-refractivity contribution in [3.05, 3.63) is 0 Å². The van der Waals surface area contributed by atoms with Crippen LogP contribution >= 0.6 is 0 Å². The average molecular weight is 240 g/mol. The smallest absolute Gasteiger partial charge is 0.0110 e. The number of rotatable bonds is 8. The zero-order chi connectivity index (χ0) is 12.5. The van der Waals surface area contributed by atoms with E-state index in [1.165, 1.54) is 57.8 Å². The molecular weight excluding hydrogens is 208 g/mol. The van der Waals surface area contributed by atoms with E-state index in [2.05, 4.69) is 19.2 Å². The number of hydrogen-bond donors (Lipinski definition) is 2. The SMILES string of the molecule is CCCCC(CCC)NC1CCCCC1CN. The molecule has 102 valence electrons. The fraction of sp³-hybridized carbons (Fsp3) is 1.00. The van der Waals surface area contributed by atoms with Crippen LogP contribution in [-0.2, 0) is 0 Å². The standard InChI is InChI=1S/C15H32N2/c1-3-5-10-14(8-4-2)17-15-11-7-6-9-13(15)12-16/h13-15,17H,3-12,16H2,1-2H3. The van der Waals surface area contributed by atoms with Crippen LogP contribution in [0.3, 0.4) is 0 Å². The highest BCUT2D eigenvalue weighted by Gasteiger charge is 2.25. The second-order valence-electron chi connectivity index (χ2n) is 5.68. The molecule has 2 nitrogen and oxygen atoms in total. The molecule has 1 saturated carbocycles. The third-order valence-electron chi connectivity index (χ3n) is 4.20. The average Bonchev–Trinajstić information content (AvgIpc) is 2.37. The summed E-state index contributed by atoms with van der Waals surface area (Å²) in [4.78, 5) is 0. The van der Waals surface area contributed by atoms with Crippen molar-refractivity contribution >= 4 is 0 Å². The number of unbranched alkanes of at least 4 members (excludes halogenated alkanes) is 1. The molecule has 17 heavy (non-hydrogen) atoms. The second kappa shape index (κ2) is 8.93. The Kier molecular flexibility index (Phi) is 7.87. The highest BCUT2D eigenvalue weighted by atomic mass is 15.0. The molecule has 2 heteroatoms. The van der Waals surface area contributed by atoms with E-state index in [4.69, 9.17) is 5.73 Å². The largest absolute Gasteiger partial charge is 0.330 e. The molecule has 1 aliphatic carbocycles. The highest BCUT2D eigenvalue weighted by molar-refractivity contribution is 4.84. The molecule has 0 saturated heterocycles. The lowest BCUT2D eigenvalue weighted by Gasteiger charge is -2.34. The maximum absolute atomic E-state index is 5.90. The lowest BCUT2D eigenvalue weighted by molar-refractivity contribution is 0.237. The number of nitrogens with two attached hydrogens (primary N) is 1. The van der Waals surface area contributed by atoms with Crippen LogP contribution in [-0.4, -0.2) is 18.6 Å². The molecule has 1 aliphatic rings. The Hall–Kier alpha value is -0.0800. The van der Waals surface area contributed by atoms with Crippen LogP contribution in [0.5, 0.6) is 0 Å². The van der Waals surface area contributed by atoms with Gasteiger partial charge in [0.05, 0.1) is 0 Å². The highest BCUT2D eigenvalue weighted by Crippen LogP contribution is 2.24. The predicted octanol–water partition coefficient (Wildman–Crippen LogP) is 3.45. The van der Waals surface area contributed by atoms with Gasteiger partial charge >= 0.3 is 0 Å². The molecular formula is C15H32N2. The van der Waals surface area contributed by atoms with Crippen molar-refractivity contribution in [2.45, 2.75) is 83.7 Å². The molecule has 1 rings (SSSR count). The molecule has 0 radical (unpaired) electrons. The minimum absolute atomic E-state index is 0.696. The summed E-state index contributed by atoms with van der Waals surface area (Å²) in [5.41, 5.74) is 5.90. The van der Waals surface area contributed by atoms with E-state index >= 15 is 0 Å². The van der Waals surface area contributed by atoms with Crippen molar-refractivity contribution in [1.82, 2.24) is 5.32 Å².